The second-order valence-corrected chi connectivity index (χ2v) is 5.23. The minimum atomic E-state index is -0.133. The van der Waals surface area contributed by atoms with Crippen LogP contribution in [0.25, 0.3) is 0 Å². The molecule has 0 radical (unpaired) electrons. The van der Waals surface area contributed by atoms with Gasteiger partial charge in [-0.2, -0.15) is 0 Å². The summed E-state index contributed by atoms with van der Waals surface area (Å²) in [5, 5.41) is 0. The molecule has 0 aromatic carbocycles. The molecule has 19 heavy (non-hydrogen) atoms. The molecule has 0 bridgehead atoms. The number of rotatable bonds is 6. The maximum absolute atomic E-state index is 12.1. The molecule has 0 saturated heterocycles. The predicted molar refractivity (Wildman–Crippen MR) is 74.2 cm³/mol. The third-order valence-electron chi connectivity index (χ3n) is 3.90. The summed E-state index contributed by atoms with van der Waals surface area (Å²) in [5.41, 5.74) is 5.62. The SMILES string of the molecule is CCCn1ccnc(OCC2CCCC2CN)c1=O. The van der Waals surface area contributed by atoms with E-state index in [-0.39, 0.29) is 11.4 Å². The average Bonchev–Trinajstić information content (AvgIpc) is 2.87. The molecular weight excluding hydrogens is 242 g/mol. The van der Waals surface area contributed by atoms with E-state index in [4.69, 9.17) is 10.5 Å². The molecule has 106 valence electrons. The van der Waals surface area contributed by atoms with Crippen LogP contribution in [-0.2, 0) is 6.54 Å². The highest BCUT2D eigenvalue weighted by Crippen LogP contribution is 2.30. The van der Waals surface area contributed by atoms with Gasteiger partial charge in [-0.05, 0) is 37.6 Å². The van der Waals surface area contributed by atoms with Gasteiger partial charge in [0.1, 0.15) is 0 Å². The Morgan fingerprint density at radius 2 is 2.26 bits per heavy atom. The van der Waals surface area contributed by atoms with Crippen LogP contribution in [0.4, 0.5) is 0 Å². The van der Waals surface area contributed by atoms with Gasteiger partial charge in [0.05, 0.1) is 6.61 Å². The summed E-state index contributed by atoms with van der Waals surface area (Å²) in [6, 6.07) is 0. The van der Waals surface area contributed by atoms with Crippen molar-refractivity contribution in [1.82, 2.24) is 9.55 Å². The van der Waals surface area contributed by atoms with E-state index in [0.29, 0.717) is 31.5 Å². The molecule has 5 nitrogen and oxygen atoms in total. The molecule has 0 spiro atoms. The lowest BCUT2D eigenvalue weighted by atomic mass is 9.97. The van der Waals surface area contributed by atoms with Gasteiger partial charge in [0.2, 0.25) is 0 Å². The zero-order valence-electron chi connectivity index (χ0n) is 11.5. The standard InChI is InChI=1S/C14H23N3O2/c1-2-7-17-8-6-16-13(14(17)18)19-10-12-5-3-4-11(12)9-15/h6,8,11-12H,2-5,7,9-10,15H2,1H3. The van der Waals surface area contributed by atoms with Crippen molar-refractivity contribution in [2.45, 2.75) is 39.2 Å². The summed E-state index contributed by atoms with van der Waals surface area (Å²) >= 11 is 0. The van der Waals surface area contributed by atoms with Crippen LogP contribution in [-0.4, -0.2) is 22.7 Å². The van der Waals surface area contributed by atoms with Crippen LogP contribution >= 0.6 is 0 Å². The Morgan fingerprint density at radius 1 is 1.47 bits per heavy atom. The minimum Gasteiger partial charge on any atom is -0.473 e. The highest BCUT2D eigenvalue weighted by Gasteiger charge is 2.26. The molecule has 1 fully saturated rings. The van der Waals surface area contributed by atoms with Crippen molar-refractivity contribution in [3.8, 4) is 5.88 Å². The summed E-state index contributed by atoms with van der Waals surface area (Å²) in [4.78, 5) is 16.1. The molecule has 1 aliphatic carbocycles. The first-order chi connectivity index (χ1) is 9.26. The number of hydrogen-bond donors (Lipinski definition) is 1. The highest BCUT2D eigenvalue weighted by molar-refractivity contribution is 5.04. The zero-order chi connectivity index (χ0) is 13.7. The van der Waals surface area contributed by atoms with E-state index < -0.39 is 0 Å². The molecular formula is C14H23N3O2. The molecule has 1 saturated carbocycles. The van der Waals surface area contributed by atoms with Crippen LogP contribution in [0, 0.1) is 11.8 Å². The molecule has 0 amide bonds. The van der Waals surface area contributed by atoms with Crippen molar-refractivity contribution in [3.05, 3.63) is 22.7 Å². The van der Waals surface area contributed by atoms with Crippen LogP contribution < -0.4 is 16.0 Å². The largest absolute Gasteiger partial charge is 0.473 e. The summed E-state index contributed by atoms with van der Waals surface area (Å²) in [7, 11) is 0. The van der Waals surface area contributed by atoms with Crippen molar-refractivity contribution < 1.29 is 4.74 Å². The van der Waals surface area contributed by atoms with Crippen molar-refractivity contribution in [1.29, 1.82) is 0 Å². The van der Waals surface area contributed by atoms with E-state index in [1.807, 2.05) is 6.92 Å². The normalized spacial score (nSPS) is 22.6. The van der Waals surface area contributed by atoms with Crippen molar-refractivity contribution in [2.75, 3.05) is 13.2 Å². The summed E-state index contributed by atoms with van der Waals surface area (Å²) in [6.45, 7) is 4.00. The smallest absolute Gasteiger partial charge is 0.313 e. The Balaban J connectivity index is 1.99. The fourth-order valence-corrected chi connectivity index (χ4v) is 2.77. The van der Waals surface area contributed by atoms with Gasteiger partial charge in [-0.3, -0.25) is 4.79 Å². The second kappa shape index (κ2) is 6.70. The summed E-state index contributed by atoms with van der Waals surface area (Å²) in [6.07, 6.45) is 7.77. The molecule has 2 rings (SSSR count). The van der Waals surface area contributed by atoms with Crippen LogP contribution in [0.3, 0.4) is 0 Å². The Morgan fingerprint density at radius 3 is 3.00 bits per heavy atom. The van der Waals surface area contributed by atoms with Crippen LogP contribution in [0.5, 0.6) is 5.88 Å². The quantitative estimate of drug-likeness (QED) is 0.844. The number of aromatic nitrogens is 2. The third-order valence-corrected chi connectivity index (χ3v) is 3.90. The molecule has 1 heterocycles. The van der Waals surface area contributed by atoms with Gasteiger partial charge in [-0.25, -0.2) is 4.98 Å². The van der Waals surface area contributed by atoms with Gasteiger partial charge in [-0.15, -0.1) is 0 Å². The van der Waals surface area contributed by atoms with Gasteiger partial charge in [0.25, 0.3) is 5.88 Å². The predicted octanol–water partition coefficient (Wildman–Crippen LogP) is 1.41. The maximum atomic E-state index is 12.1. The summed E-state index contributed by atoms with van der Waals surface area (Å²) < 4.78 is 7.29. The lowest BCUT2D eigenvalue weighted by molar-refractivity contribution is 0.206. The molecule has 1 aromatic heterocycles. The molecule has 2 atom stereocenters. The topological polar surface area (TPSA) is 70.1 Å². The van der Waals surface area contributed by atoms with E-state index in [1.54, 1.807) is 17.0 Å². The Hall–Kier alpha value is -1.36. The van der Waals surface area contributed by atoms with Gasteiger partial charge >= 0.3 is 5.56 Å². The molecule has 1 aliphatic rings. The van der Waals surface area contributed by atoms with Crippen molar-refractivity contribution in [2.24, 2.45) is 17.6 Å². The molecule has 1 aromatic rings. The lowest BCUT2D eigenvalue weighted by Gasteiger charge is -2.17. The fourth-order valence-electron chi connectivity index (χ4n) is 2.77. The third kappa shape index (κ3) is 3.35. The molecule has 2 N–H and O–H groups in total. The number of hydrogen-bond acceptors (Lipinski definition) is 4. The summed E-state index contributed by atoms with van der Waals surface area (Å²) in [5.74, 6) is 1.21. The maximum Gasteiger partial charge on any atom is 0.313 e. The van der Waals surface area contributed by atoms with E-state index in [2.05, 4.69) is 4.98 Å². The van der Waals surface area contributed by atoms with Gasteiger partial charge in [0.15, 0.2) is 0 Å². The Labute approximate surface area is 113 Å². The number of aryl methyl sites for hydroxylation is 1. The monoisotopic (exact) mass is 265 g/mol. The van der Waals surface area contributed by atoms with E-state index in [1.165, 1.54) is 12.8 Å². The van der Waals surface area contributed by atoms with Gasteiger partial charge in [0, 0.05) is 18.9 Å². The van der Waals surface area contributed by atoms with E-state index in [9.17, 15) is 4.79 Å². The number of nitrogens with two attached hydrogens (primary N) is 1. The number of ether oxygens (including phenoxy) is 1. The Bertz CT molecular complexity index is 458. The van der Waals surface area contributed by atoms with Gasteiger partial charge in [-0.1, -0.05) is 13.3 Å². The van der Waals surface area contributed by atoms with Crippen LogP contribution in [0.1, 0.15) is 32.6 Å². The first-order valence-corrected chi connectivity index (χ1v) is 7.14. The first kappa shape index (κ1) is 14.1. The average molecular weight is 265 g/mol. The highest BCUT2D eigenvalue weighted by atomic mass is 16.5. The van der Waals surface area contributed by atoms with E-state index in [0.717, 1.165) is 12.8 Å². The molecule has 0 aliphatic heterocycles. The van der Waals surface area contributed by atoms with Crippen molar-refractivity contribution >= 4 is 0 Å². The molecule has 5 heteroatoms. The van der Waals surface area contributed by atoms with Crippen LogP contribution in [0.15, 0.2) is 17.2 Å². The zero-order valence-corrected chi connectivity index (χ0v) is 11.5. The van der Waals surface area contributed by atoms with Crippen LogP contribution in [0.2, 0.25) is 0 Å². The fraction of sp³-hybridized carbons (Fsp3) is 0.714. The number of nitrogens with zero attached hydrogens (tertiary/aromatic N) is 2. The first-order valence-electron chi connectivity index (χ1n) is 7.14. The van der Waals surface area contributed by atoms with Crippen molar-refractivity contribution in [3.63, 3.8) is 0 Å². The second-order valence-electron chi connectivity index (χ2n) is 5.23. The Kier molecular flexibility index (Phi) is 4.96. The minimum absolute atomic E-state index is 0.133. The van der Waals surface area contributed by atoms with E-state index >= 15 is 0 Å². The van der Waals surface area contributed by atoms with Gasteiger partial charge < -0.3 is 15.0 Å². The lowest BCUT2D eigenvalue weighted by Crippen LogP contribution is -2.27. The molecule has 2 unspecified atom stereocenters.